The molecule has 1 aliphatic carbocycles. The van der Waals surface area contributed by atoms with Crippen molar-refractivity contribution in [1.82, 2.24) is 10.3 Å². The monoisotopic (exact) mass is 272 g/mol. The van der Waals surface area contributed by atoms with Gasteiger partial charge < -0.3 is 16.4 Å². The highest BCUT2D eigenvalue weighted by molar-refractivity contribution is 7.18. The summed E-state index contributed by atoms with van der Waals surface area (Å²) in [5.74, 6) is -0.0264. The third-order valence-electron chi connectivity index (χ3n) is 2.21. The van der Waals surface area contributed by atoms with Crippen LogP contribution in [0.1, 0.15) is 22.5 Å². The maximum atomic E-state index is 11.7. The van der Waals surface area contributed by atoms with Crippen molar-refractivity contribution in [3.63, 3.8) is 0 Å². The fourth-order valence-corrected chi connectivity index (χ4v) is 2.16. The summed E-state index contributed by atoms with van der Waals surface area (Å²) in [5, 5.41) is 6.88. The lowest BCUT2D eigenvalue weighted by molar-refractivity contribution is 0.0962. The second-order valence-corrected chi connectivity index (χ2v) is 5.39. The smallest absolute Gasteiger partial charge is 0.265 e. The number of thiazole rings is 1. The number of carbonyl (C=O) groups excluding carboxylic acids is 1. The van der Waals surface area contributed by atoms with Crippen LogP contribution in [0.2, 0.25) is 0 Å². The van der Waals surface area contributed by atoms with Crippen LogP contribution in [0, 0.1) is 0 Å². The third-order valence-corrected chi connectivity index (χ3v) is 3.34. The summed E-state index contributed by atoms with van der Waals surface area (Å²) in [4.78, 5) is 16.3. The molecule has 2 rings (SSSR count). The number of nitrogens with two attached hydrogens (primary N) is 1. The van der Waals surface area contributed by atoms with Gasteiger partial charge in [-0.05, 0) is 12.8 Å². The van der Waals surface area contributed by atoms with Gasteiger partial charge >= 0.3 is 0 Å². The Morgan fingerprint density at radius 1 is 1.65 bits per heavy atom. The molecule has 0 aromatic carbocycles. The van der Waals surface area contributed by atoms with Crippen LogP contribution in [0.15, 0.2) is 11.6 Å². The van der Waals surface area contributed by atoms with Crippen molar-refractivity contribution in [2.75, 3.05) is 17.6 Å². The van der Waals surface area contributed by atoms with Crippen LogP contribution < -0.4 is 16.4 Å². The maximum absolute atomic E-state index is 11.7. The summed E-state index contributed by atoms with van der Waals surface area (Å²) in [6, 6.07) is 0.485. The number of nitrogens with one attached hydrogen (secondary N) is 2. The van der Waals surface area contributed by atoms with E-state index in [1.165, 1.54) is 11.3 Å². The molecule has 5 nitrogen and oxygen atoms in total. The summed E-state index contributed by atoms with van der Waals surface area (Å²) >= 11 is 6.82. The van der Waals surface area contributed by atoms with E-state index in [2.05, 4.69) is 22.2 Å². The fraction of sp³-hybridized carbons (Fsp3) is 0.400. The van der Waals surface area contributed by atoms with Crippen LogP contribution in [-0.2, 0) is 0 Å². The van der Waals surface area contributed by atoms with Crippen molar-refractivity contribution in [3.05, 3.63) is 16.5 Å². The fourth-order valence-electron chi connectivity index (χ4n) is 1.22. The van der Waals surface area contributed by atoms with Gasteiger partial charge in [0.05, 0.1) is 6.54 Å². The van der Waals surface area contributed by atoms with Crippen molar-refractivity contribution in [1.29, 1.82) is 0 Å². The Hall–Kier alpha value is -1.27. The van der Waals surface area contributed by atoms with Gasteiger partial charge in [-0.1, -0.05) is 29.5 Å². The molecular weight excluding hydrogens is 260 g/mol. The van der Waals surface area contributed by atoms with Crippen LogP contribution in [0.3, 0.4) is 0 Å². The zero-order valence-electron chi connectivity index (χ0n) is 9.12. The van der Waals surface area contributed by atoms with Gasteiger partial charge in [-0.3, -0.25) is 4.79 Å². The molecule has 1 aromatic heterocycles. The molecule has 1 saturated carbocycles. The van der Waals surface area contributed by atoms with E-state index in [-0.39, 0.29) is 18.3 Å². The Morgan fingerprint density at radius 2 is 2.35 bits per heavy atom. The molecule has 92 valence electrons. The molecule has 0 atom stereocenters. The highest BCUT2D eigenvalue weighted by Gasteiger charge is 2.24. The van der Waals surface area contributed by atoms with E-state index in [0.29, 0.717) is 21.1 Å². The van der Waals surface area contributed by atoms with E-state index in [1.807, 2.05) is 0 Å². The molecule has 0 saturated heterocycles. The van der Waals surface area contributed by atoms with Crippen molar-refractivity contribution < 1.29 is 4.79 Å². The molecule has 0 radical (unpaired) electrons. The first-order chi connectivity index (χ1) is 8.06. The molecule has 1 aromatic rings. The number of nitrogen functional groups attached to an aromatic ring is 1. The van der Waals surface area contributed by atoms with Crippen molar-refractivity contribution in [3.8, 4) is 0 Å². The molecule has 1 aliphatic rings. The summed E-state index contributed by atoms with van der Waals surface area (Å²) in [6.07, 6.45) is 2.29. The van der Waals surface area contributed by atoms with E-state index in [9.17, 15) is 4.79 Å². The Bertz CT molecular complexity index is 455. The van der Waals surface area contributed by atoms with E-state index < -0.39 is 0 Å². The van der Waals surface area contributed by atoms with Crippen LogP contribution in [0.5, 0.6) is 0 Å². The second-order valence-electron chi connectivity index (χ2n) is 3.85. The highest BCUT2D eigenvalue weighted by atomic mass is 35.5. The van der Waals surface area contributed by atoms with E-state index in [4.69, 9.17) is 17.3 Å². The first-order valence-electron chi connectivity index (χ1n) is 5.20. The third kappa shape index (κ3) is 3.34. The Morgan fingerprint density at radius 3 is 2.94 bits per heavy atom. The van der Waals surface area contributed by atoms with Gasteiger partial charge in [0.1, 0.15) is 10.7 Å². The van der Waals surface area contributed by atoms with Crippen molar-refractivity contribution in [2.45, 2.75) is 18.9 Å². The normalized spacial score (nSPS) is 14.4. The molecule has 7 heteroatoms. The summed E-state index contributed by atoms with van der Waals surface area (Å²) < 4.78 is 0. The molecular formula is C10H13ClN4OS. The van der Waals surface area contributed by atoms with Crippen LogP contribution >= 0.6 is 22.9 Å². The van der Waals surface area contributed by atoms with Gasteiger partial charge in [-0.15, -0.1) is 0 Å². The largest absolute Gasteiger partial charge is 0.382 e. The SMILES string of the molecule is C=C(Cl)CNC(=O)c1sc(NC2CC2)nc1N. The van der Waals surface area contributed by atoms with Crippen LogP contribution in [-0.4, -0.2) is 23.5 Å². The topological polar surface area (TPSA) is 80.0 Å². The van der Waals surface area contributed by atoms with Gasteiger partial charge in [0, 0.05) is 11.1 Å². The lowest BCUT2D eigenvalue weighted by atomic mass is 10.4. The highest BCUT2D eigenvalue weighted by Crippen LogP contribution is 2.30. The first kappa shape index (κ1) is 12.2. The lowest BCUT2D eigenvalue weighted by Crippen LogP contribution is -2.24. The van der Waals surface area contributed by atoms with Crippen molar-refractivity contribution >= 4 is 39.8 Å². The zero-order valence-corrected chi connectivity index (χ0v) is 10.7. The quantitative estimate of drug-likeness (QED) is 0.763. The van der Waals surface area contributed by atoms with Gasteiger partial charge in [0.15, 0.2) is 5.13 Å². The van der Waals surface area contributed by atoms with Crippen LogP contribution in [0.4, 0.5) is 10.9 Å². The number of hydrogen-bond acceptors (Lipinski definition) is 5. The molecule has 0 spiro atoms. The predicted octanol–water partition coefficient (Wildman–Crippen LogP) is 1.78. The average Bonchev–Trinajstić information content (AvgIpc) is 2.98. The molecule has 0 unspecified atom stereocenters. The molecule has 1 heterocycles. The molecule has 0 aliphatic heterocycles. The minimum atomic E-state index is -0.273. The van der Waals surface area contributed by atoms with Crippen LogP contribution in [0.25, 0.3) is 0 Å². The number of amides is 1. The van der Waals surface area contributed by atoms with Crippen molar-refractivity contribution in [2.24, 2.45) is 0 Å². The summed E-state index contributed by atoms with van der Waals surface area (Å²) in [7, 11) is 0. The molecule has 1 amide bonds. The summed E-state index contributed by atoms with van der Waals surface area (Å²) in [6.45, 7) is 3.72. The zero-order chi connectivity index (χ0) is 12.4. The molecule has 17 heavy (non-hydrogen) atoms. The average molecular weight is 273 g/mol. The number of carbonyl (C=O) groups is 1. The Labute approximate surface area is 108 Å². The minimum absolute atomic E-state index is 0.225. The number of anilines is 2. The lowest BCUT2D eigenvalue weighted by Gasteiger charge is -2.01. The van der Waals surface area contributed by atoms with E-state index >= 15 is 0 Å². The van der Waals surface area contributed by atoms with Gasteiger partial charge in [-0.25, -0.2) is 4.98 Å². The predicted molar refractivity (Wildman–Crippen MR) is 70.5 cm³/mol. The number of nitrogens with zero attached hydrogens (tertiary/aromatic N) is 1. The van der Waals surface area contributed by atoms with E-state index in [0.717, 1.165) is 12.8 Å². The maximum Gasteiger partial charge on any atom is 0.265 e. The van der Waals surface area contributed by atoms with Gasteiger partial charge in [0.2, 0.25) is 0 Å². The molecule has 4 N–H and O–H groups in total. The molecule has 1 fully saturated rings. The molecule has 0 bridgehead atoms. The standard InChI is InChI=1S/C10H13ClN4OS/c1-5(11)4-13-9(16)7-8(12)15-10(17-7)14-6-2-3-6/h6H,1-4,12H2,(H,13,16)(H,14,15). The van der Waals surface area contributed by atoms with E-state index in [1.54, 1.807) is 0 Å². The first-order valence-corrected chi connectivity index (χ1v) is 6.40. The Kier molecular flexibility index (Phi) is 3.54. The Balaban J connectivity index is 2.00. The van der Waals surface area contributed by atoms with Gasteiger partial charge in [-0.2, -0.15) is 0 Å². The number of halogens is 1. The number of rotatable bonds is 5. The summed E-state index contributed by atoms with van der Waals surface area (Å²) in [5.41, 5.74) is 5.69. The number of aromatic nitrogens is 1. The minimum Gasteiger partial charge on any atom is -0.382 e. The van der Waals surface area contributed by atoms with Gasteiger partial charge in [0.25, 0.3) is 5.91 Å². The second kappa shape index (κ2) is 4.93. The number of hydrogen-bond donors (Lipinski definition) is 3.